The second-order valence-electron chi connectivity index (χ2n) is 6.84. The van der Waals surface area contributed by atoms with Gasteiger partial charge in [0.1, 0.15) is 5.75 Å². The summed E-state index contributed by atoms with van der Waals surface area (Å²) in [7, 11) is 1.83. The summed E-state index contributed by atoms with van der Waals surface area (Å²) in [6, 6.07) is 7.73. The molecule has 8 nitrogen and oxygen atoms in total. The van der Waals surface area contributed by atoms with Crippen molar-refractivity contribution in [2.24, 2.45) is 7.05 Å². The van der Waals surface area contributed by atoms with E-state index in [9.17, 15) is 4.79 Å². The van der Waals surface area contributed by atoms with Crippen molar-refractivity contribution in [2.75, 3.05) is 18.9 Å². The lowest BCUT2D eigenvalue weighted by Gasteiger charge is -2.20. The zero-order chi connectivity index (χ0) is 19.0. The van der Waals surface area contributed by atoms with Gasteiger partial charge in [0.15, 0.2) is 6.61 Å². The molecule has 0 fully saturated rings. The van der Waals surface area contributed by atoms with Crippen molar-refractivity contribution < 1.29 is 9.53 Å². The topological polar surface area (TPSA) is 94.0 Å². The molecule has 2 rings (SSSR count). The number of halogens is 1. The fraction of sp³-hybridized carbons (Fsp3) is 0.529. The summed E-state index contributed by atoms with van der Waals surface area (Å²) >= 11 is 1.61. The fourth-order valence-corrected chi connectivity index (χ4v) is 2.84. The number of nitrogens with one attached hydrogen (secondary N) is 2. The Hall–Kier alpha value is -1.84. The second kappa shape index (κ2) is 11.1. The first-order valence-corrected chi connectivity index (χ1v) is 9.41. The number of nitrogens with zero attached hydrogens (tertiary/aromatic N) is 4. The summed E-state index contributed by atoms with van der Waals surface area (Å²) in [5, 5.41) is 18.4. The van der Waals surface area contributed by atoms with Crippen LogP contribution in [-0.2, 0) is 18.4 Å². The number of hydrogen-bond donors (Lipinski definition) is 2. The van der Waals surface area contributed by atoms with E-state index in [1.807, 2.05) is 52.1 Å². The predicted octanol–water partition coefficient (Wildman–Crippen LogP) is 1.81. The molecule has 27 heavy (non-hydrogen) atoms. The van der Waals surface area contributed by atoms with Gasteiger partial charge in [-0.3, -0.25) is 4.79 Å². The van der Waals surface area contributed by atoms with Crippen LogP contribution in [0.1, 0.15) is 26.3 Å². The average Bonchev–Trinajstić information content (AvgIpc) is 2.97. The molecule has 10 heteroatoms. The first-order valence-electron chi connectivity index (χ1n) is 8.42. The largest absolute Gasteiger partial charge is 0.484 e. The fourth-order valence-electron chi connectivity index (χ4n) is 2.10. The number of thioether (sulfide) groups is 1. The number of aromatic nitrogens is 4. The molecule has 0 saturated heterocycles. The van der Waals surface area contributed by atoms with Gasteiger partial charge in [-0.05, 0) is 48.9 Å². The molecule has 1 aromatic heterocycles. The number of rotatable bonds is 9. The van der Waals surface area contributed by atoms with E-state index in [1.54, 1.807) is 16.4 Å². The summed E-state index contributed by atoms with van der Waals surface area (Å²) < 4.78 is 7.17. The van der Waals surface area contributed by atoms with Crippen molar-refractivity contribution in [3.8, 4) is 5.75 Å². The van der Waals surface area contributed by atoms with Gasteiger partial charge in [0, 0.05) is 31.4 Å². The number of benzene rings is 1. The third-order valence-corrected chi connectivity index (χ3v) is 4.24. The van der Waals surface area contributed by atoms with E-state index in [-0.39, 0.29) is 30.5 Å². The van der Waals surface area contributed by atoms with Crippen molar-refractivity contribution in [1.29, 1.82) is 0 Å². The Morgan fingerprint density at radius 1 is 1.26 bits per heavy atom. The van der Waals surface area contributed by atoms with Gasteiger partial charge in [0.05, 0.1) is 0 Å². The van der Waals surface area contributed by atoms with Crippen molar-refractivity contribution >= 4 is 30.1 Å². The molecule has 150 valence electrons. The molecule has 0 atom stereocenters. The van der Waals surface area contributed by atoms with Crippen molar-refractivity contribution in [1.82, 2.24) is 30.8 Å². The minimum Gasteiger partial charge on any atom is -0.484 e. The molecule has 2 N–H and O–H groups in total. The van der Waals surface area contributed by atoms with Crippen molar-refractivity contribution in [3.63, 3.8) is 0 Å². The lowest BCUT2D eigenvalue weighted by atomic mass is 10.1. The summed E-state index contributed by atoms with van der Waals surface area (Å²) in [6.07, 6.45) is 0. The molecule has 0 aliphatic carbocycles. The third kappa shape index (κ3) is 9.07. The maximum absolute atomic E-state index is 11.7. The Morgan fingerprint density at radius 3 is 2.56 bits per heavy atom. The van der Waals surface area contributed by atoms with Gasteiger partial charge in [0.2, 0.25) is 5.16 Å². The SMILES string of the molecule is Cl.Cn1nnnc1SCCNCc1ccc(OCC(=O)NC(C)(C)C)cc1. The molecular weight excluding hydrogens is 388 g/mol. The standard InChI is InChI=1S/C17H26N6O2S.ClH/c1-17(2,3)19-15(24)12-25-14-7-5-13(6-8-14)11-18-9-10-26-16-20-21-22-23(16)4;/h5-8,18H,9-12H2,1-4H3,(H,19,24);1H. The highest BCUT2D eigenvalue weighted by Crippen LogP contribution is 2.13. The minimum atomic E-state index is -0.252. The van der Waals surface area contributed by atoms with E-state index in [0.717, 1.165) is 29.6 Å². The zero-order valence-electron chi connectivity index (χ0n) is 16.1. The number of carbonyl (C=O) groups excluding carboxylic acids is 1. The van der Waals surface area contributed by atoms with E-state index < -0.39 is 0 Å². The average molecular weight is 415 g/mol. The highest BCUT2D eigenvalue weighted by atomic mass is 35.5. The Kier molecular flexibility index (Phi) is 9.54. The van der Waals surface area contributed by atoms with E-state index in [2.05, 4.69) is 26.2 Å². The Bertz CT molecular complexity index is 702. The Morgan fingerprint density at radius 2 is 1.96 bits per heavy atom. The second-order valence-corrected chi connectivity index (χ2v) is 7.90. The van der Waals surface area contributed by atoms with Crippen LogP contribution < -0.4 is 15.4 Å². The Labute approximate surface area is 170 Å². The van der Waals surface area contributed by atoms with Crippen LogP contribution in [0.3, 0.4) is 0 Å². The van der Waals surface area contributed by atoms with E-state index in [4.69, 9.17) is 4.74 Å². The Balaban J connectivity index is 0.00000364. The molecule has 0 aliphatic rings. The molecule has 0 spiro atoms. The van der Waals surface area contributed by atoms with E-state index in [0.29, 0.717) is 5.75 Å². The lowest BCUT2D eigenvalue weighted by Crippen LogP contribution is -2.43. The van der Waals surface area contributed by atoms with Crippen molar-refractivity contribution in [3.05, 3.63) is 29.8 Å². The van der Waals surface area contributed by atoms with Gasteiger partial charge >= 0.3 is 0 Å². The number of carbonyl (C=O) groups is 1. The van der Waals surface area contributed by atoms with Crippen LogP contribution in [0.25, 0.3) is 0 Å². The molecule has 2 aromatic rings. The van der Waals surface area contributed by atoms with E-state index >= 15 is 0 Å². The molecule has 0 saturated carbocycles. The molecule has 0 unspecified atom stereocenters. The van der Waals surface area contributed by atoms with Crippen molar-refractivity contribution in [2.45, 2.75) is 38.0 Å². The zero-order valence-corrected chi connectivity index (χ0v) is 17.7. The molecule has 0 bridgehead atoms. The van der Waals surface area contributed by atoms with Crippen LogP contribution in [-0.4, -0.2) is 50.6 Å². The number of tetrazole rings is 1. The third-order valence-electron chi connectivity index (χ3n) is 3.23. The molecule has 1 aromatic carbocycles. The first-order chi connectivity index (χ1) is 12.3. The molecular formula is C17H27ClN6O2S. The van der Waals surface area contributed by atoms with Gasteiger partial charge in [-0.1, -0.05) is 23.9 Å². The quantitative estimate of drug-likeness (QED) is 0.477. The van der Waals surface area contributed by atoms with Gasteiger partial charge in [-0.2, -0.15) is 0 Å². The monoisotopic (exact) mass is 414 g/mol. The summed E-state index contributed by atoms with van der Waals surface area (Å²) in [5.41, 5.74) is 0.902. The minimum absolute atomic E-state index is 0. The van der Waals surface area contributed by atoms with Crippen LogP contribution >= 0.6 is 24.2 Å². The van der Waals surface area contributed by atoms with Crippen LogP contribution in [0.5, 0.6) is 5.75 Å². The van der Waals surface area contributed by atoms with Crippen LogP contribution in [0.4, 0.5) is 0 Å². The smallest absolute Gasteiger partial charge is 0.258 e. The summed E-state index contributed by atoms with van der Waals surface area (Å²) in [6.45, 7) is 7.45. The van der Waals surface area contributed by atoms with Crippen LogP contribution in [0, 0.1) is 0 Å². The van der Waals surface area contributed by atoms with Gasteiger partial charge in [-0.15, -0.1) is 17.5 Å². The summed E-state index contributed by atoms with van der Waals surface area (Å²) in [4.78, 5) is 11.7. The van der Waals surface area contributed by atoms with Gasteiger partial charge < -0.3 is 15.4 Å². The highest BCUT2D eigenvalue weighted by molar-refractivity contribution is 7.99. The van der Waals surface area contributed by atoms with Crippen LogP contribution in [0.2, 0.25) is 0 Å². The number of aryl methyl sites for hydroxylation is 1. The maximum atomic E-state index is 11.7. The molecule has 1 amide bonds. The number of amides is 1. The number of hydrogen-bond acceptors (Lipinski definition) is 7. The maximum Gasteiger partial charge on any atom is 0.258 e. The normalized spacial score (nSPS) is 11.0. The highest BCUT2D eigenvalue weighted by Gasteiger charge is 2.13. The van der Waals surface area contributed by atoms with Crippen LogP contribution in [0.15, 0.2) is 29.4 Å². The number of ether oxygens (including phenoxy) is 1. The summed E-state index contributed by atoms with van der Waals surface area (Å²) in [5.74, 6) is 1.44. The van der Waals surface area contributed by atoms with Gasteiger partial charge in [-0.25, -0.2) is 4.68 Å². The lowest BCUT2D eigenvalue weighted by molar-refractivity contribution is -0.124. The van der Waals surface area contributed by atoms with Gasteiger partial charge in [0.25, 0.3) is 5.91 Å². The first kappa shape index (κ1) is 23.2. The molecule has 1 heterocycles. The molecule has 0 aliphatic heterocycles. The van der Waals surface area contributed by atoms with E-state index in [1.165, 1.54) is 0 Å². The molecule has 0 radical (unpaired) electrons. The predicted molar refractivity (Wildman–Crippen MR) is 108 cm³/mol.